The molecule has 0 aromatic rings. The van der Waals surface area contributed by atoms with Crippen molar-refractivity contribution < 1.29 is 14.3 Å². The number of methoxy groups -OCH3 is 1. The lowest BCUT2D eigenvalue weighted by atomic mass is 10.3. The lowest BCUT2D eigenvalue weighted by Gasteiger charge is -2.03. The number of nitrogens with zero attached hydrogens (tertiary/aromatic N) is 1. The van der Waals surface area contributed by atoms with Crippen molar-refractivity contribution in [3.63, 3.8) is 0 Å². The van der Waals surface area contributed by atoms with Gasteiger partial charge in [-0.05, 0) is 6.42 Å². The van der Waals surface area contributed by atoms with Crippen molar-refractivity contribution in [3.8, 4) is 6.07 Å². The molecule has 0 aromatic heterocycles. The van der Waals surface area contributed by atoms with E-state index in [1.807, 2.05) is 13.0 Å². The van der Waals surface area contributed by atoms with Crippen LogP contribution < -0.4 is 0 Å². The van der Waals surface area contributed by atoms with Gasteiger partial charge < -0.3 is 9.47 Å². The number of hydrogen-bond donors (Lipinski definition) is 0. The maximum atomic E-state index is 10.5. The van der Waals surface area contributed by atoms with Gasteiger partial charge in [0.15, 0.2) is 6.10 Å². The average molecular weight is 169 g/mol. The highest BCUT2D eigenvalue weighted by Gasteiger charge is 2.00. The summed E-state index contributed by atoms with van der Waals surface area (Å²) in [5, 5.41) is 8.42. The molecule has 0 rings (SSSR count). The first-order valence-electron chi connectivity index (χ1n) is 3.54. The van der Waals surface area contributed by atoms with Crippen molar-refractivity contribution in [2.45, 2.75) is 19.4 Å². The molecule has 4 nitrogen and oxygen atoms in total. The zero-order valence-corrected chi connectivity index (χ0v) is 7.11. The second kappa shape index (κ2) is 6.23. The summed E-state index contributed by atoms with van der Waals surface area (Å²) in [5.74, 6) is -0.497. The molecular formula is C8H11NO3. The van der Waals surface area contributed by atoms with E-state index in [1.54, 1.807) is 0 Å². The fraction of sp³-hybridized carbons (Fsp3) is 0.500. The van der Waals surface area contributed by atoms with Crippen molar-refractivity contribution >= 4 is 5.97 Å². The normalized spacial score (nSPS) is 12.1. The Bertz CT molecular complexity index is 205. The van der Waals surface area contributed by atoms with Gasteiger partial charge in [0.2, 0.25) is 0 Å². The first-order chi connectivity index (χ1) is 5.74. The Hall–Kier alpha value is -1.50. The Kier molecular flexibility index (Phi) is 5.45. The molecule has 0 fully saturated rings. The molecule has 0 saturated heterocycles. The molecule has 0 spiro atoms. The molecule has 1 unspecified atom stereocenters. The molecule has 0 radical (unpaired) electrons. The van der Waals surface area contributed by atoms with E-state index in [4.69, 9.17) is 10.00 Å². The first kappa shape index (κ1) is 10.5. The van der Waals surface area contributed by atoms with Crippen LogP contribution in [0.25, 0.3) is 0 Å². The molecule has 0 aromatic carbocycles. The van der Waals surface area contributed by atoms with Gasteiger partial charge in [-0.3, -0.25) is 0 Å². The zero-order valence-electron chi connectivity index (χ0n) is 7.11. The predicted molar refractivity (Wildman–Crippen MR) is 41.9 cm³/mol. The van der Waals surface area contributed by atoms with Crippen LogP contribution in [-0.4, -0.2) is 19.2 Å². The summed E-state index contributed by atoms with van der Waals surface area (Å²) in [6, 6.07) is 1.92. The van der Waals surface area contributed by atoms with Crippen LogP contribution in [0.3, 0.4) is 0 Å². The SMILES string of the molecule is CCC(C#N)OC=CC(=O)OC. The van der Waals surface area contributed by atoms with E-state index < -0.39 is 12.1 Å². The first-order valence-corrected chi connectivity index (χ1v) is 3.54. The van der Waals surface area contributed by atoms with Crippen LogP contribution in [0.4, 0.5) is 0 Å². The van der Waals surface area contributed by atoms with Crippen molar-refractivity contribution in [2.24, 2.45) is 0 Å². The predicted octanol–water partition coefficient (Wildman–Crippen LogP) is 0.992. The Labute approximate surface area is 71.4 Å². The number of carbonyl (C=O) groups excluding carboxylic acids is 1. The van der Waals surface area contributed by atoms with E-state index in [1.165, 1.54) is 13.4 Å². The molecule has 0 aliphatic heterocycles. The van der Waals surface area contributed by atoms with Crippen LogP contribution in [0.1, 0.15) is 13.3 Å². The highest BCUT2D eigenvalue weighted by molar-refractivity contribution is 5.81. The van der Waals surface area contributed by atoms with Crippen LogP contribution in [0.15, 0.2) is 12.3 Å². The second-order valence-electron chi connectivity index (χ2n) is 1.99. The molecule has 0 aliphatic carbocycles. The Morgan fingerprint density at radius 3 is 2.83 bits per heavy atom. The number of nitriles is 1. The van der Waals surface area contributed by atoms with Gasteiger partial charge in [-0.25, -0.2) is 4.79 Å². The van der Waals surface area contributed by atoms with Crippen LogP contribution >= 0.6 is 0 Å². The molecule has 12 heavy (non-hydrogen) atoms. The fourth-order valence-corrected chi connectivity index (χ4v) is 0.476. The number of ether oxygens (including phenoxy) is 2. The summed E-state index contributed by atoms with van der Waals surface area (Å²) in [6.45, 7) is 1.82. The second-order valence-corrected chi connectivity index (χ2v) is 1.99. The van der Waals surface area contributed by atoms with E-state index >= 15 is 0 Å². The van der Waals surface area contributed by atoms with Gasteiger partial charge in [0.05, 0.1) is 19.4 Å². The summed E-state index contributed by atoms with van der Waals surface area (Å²) in [5.41, 5.74) is 0. The molecule has 0 N–H and O–H groups in total. The molecule has 0 aliphatic rings. The van der Waals surface area contributed by atoms with Gasteiger partial charge in [0.1, 0.15) is 6.07 Å². The monoisotopic (exact) mass is 169 g/mol. The molecule has 0 amide bonds. The highest BCUT2D eigenvalue weighted by Crippen LogP contribution is 1.96. The molecule has 4 heteroatoms. The average Bonchev–Trinajstić information content (AvgIpc) is 2.12. The zero-order chi connectivity index (χ0) is 9.40. The van der Waals surface area contributed by atoms with Gasteiger partial charge in [0, 0.05) is 0 Å². The molecule has 0 bridgehead atoms. The minimum atomic E-state index is -0.497. The number of esters is 1. The minimum Gasteiger partial charge on any atom is -0.483 e. The minimum absolute atomic E-state index is 0.495. The van der Waals surface area contributed by atoms with Crippen LogP contribution in [0.2, 0.25) is 0 Å². The van der Waals surface area contributed by atoms with E-state index in [0.717, 1.165) is 6.08 Å². The standard InChI is InChI=1S/C8H11NO3/c1-3-7(6-9)12-5-4-8(10)11-2/h4-5,7H,3H2,1-2H3. The van der Waals surface area contributed by atoms with Gasteiger partial charge in [0.25, 0.3) is 0 Å². The number of rotatable bonds is 4. The van der Waals surface area contributed by atoms with Crippen LogP contribution in [0.5, 0.6) is 0 Å². The Balaban J connectivity index is 3.74. The fourth-order valence-electron chi connectivity index (χ4n) is 0.476. The third-order valence-electron chi connectivity index (χ3n) is 1.16. The smallest absolute Gasteiger partial charge is 0.333 e. The molecule has 0 heterocycles. The third-order valence-corrected chi connectivity index (χ3v) is 1.16. The van der Waals surface area contributed by atoms with Gasteiger partial charge in [-0.15, -0.1) is 0 Å². The van der Waals surface area contributed by atoms with Crippen LogP contribution in [0, 0.1) is 11.3 Å². The topological polar surface area (TPSA) is 59.3 Å². The lowest BCUT2D eigenvalue weighted by molar-refractivity contribution is -0.135. The largest absolute Gasteiger partial charge is 0.483 e. The van der Waals surface area contributed by atoms with E-state index in [-0.39, 0.29) is 0 Å². The highest BCUT2D eigenvalue weighted by atomic mass is 16.5. The Morgan fingerprint density at radius 2 is 2.42 bits per heavy atom. The summed E-state index contributed by atoms with van der Waals surface area (Å²) in [6.07, 6.45) is 2.39. The maximum absolute atomic E-state index is 10.5. The number of hydrogen-bond acceptors (Lipinski definition) is 4. The van der Waals surface area contributed by atoms with E-state index in [2.05, 4.69) is 4.74 Å². The summed E-state index contributed by atoms with van der Waals surface area (Å²) in [4.78, 5) is 10.5. The molecule has 66 valence electrons. The molecule has 1 atom stereocenters. The quantitative estimate of drug-likeness (QED) is 0.357. The summed E-state index contributed by atoms with van der Waals surface area (Å²) >= 11 is 0. The number of carbonyl (C=O) groups is 1. The molecular weight excluding hydrogens is 158 g/mol. The van der Waals surface area contributed by atoms with Crippen molar-refractivity contribution in [3.05, 3.63) is 12.3 Å². The van der Waals surface area contributed by atoms with Crippen molar-refractivity contribution in [2.75, 3.05) is 7.11 Å². The third kappa shape index (κ3) is 4.34. The van der Waals surface area contributed by atoms with Gasteiger partial charge in [-0.2, -0.15) is 5.26 Å². The maximum Gasteiger partial charge on any atom is 0.333 e. The van der Waals surface area contributed by atoms with E-state index in [0.29, 0.717) is 6.42 Å². The Morgan fingerprint density at radius 1 is 1.75 bits per heavy atom. The van der Waals surface area contributed by atoms with Crippen molar-refractivity contribution in [1.82, 2.24) is 0 Å². The lowest BCUT2D eigenvalue weighted by Crippen LogP contribution is -2.04. The van der Waals surface area contributed by atoms with Crippen molar-refractivity contribution in [1.29, 1.82) is 5.26 Å². The van der Waals surface area contributed by atoms with Crippen LogP contribution in [-0.2, 0) is 14.3 Å². The van der Waals surface area contributed by atoms with E-state index in [9.17, 15) is 4.79 Å². The molecule has 0 saturated carbocycles. The summed E-state index contributed by atoms with van der Waals surface area (Å²) < 4.78 is 9.18. The van der Waals surface area contributed by atoms with Gasteiger partial charge in [-0.1, -0.05) is 6.92 Å². The summed E-state index contributed by atoms with van der Waals surface area (Å²) in [7, 11) is 1.27. The van der Waals surface area contributed by atoms with Gasteiger partial charge >= 0.3 is 5.97 Å².